The minimum atomic E-state index is -0.772. The smallest absolute Gasteiger partial charge is 0.311 e. The van der Waals surface area contributed by atoms with E-state index in [2.05, 4.69) is 5.32 Å². The van der Waals surface area contributed by atoms with Crippen LogP contribution in [0.3, 0.4) is 0 Å². The summed E-state index contributed by atoms with van der Waals surface area (Å²) in [5.74, 6) is -0.771. The second kappa shape index (κ2) is 9.21. The van der Waals surface area contributed by atoms with Crippen molar-refractivity contribution in [3.63, 3.8) is 0 Å². The third kappa shape index (κ3) is 4.06. The molecule has 1 aliphatic carbocycles. The molecule has 1 saturated heterocycles. The summed E-state index contributed by atoms with van der Waals surface area (Å²) in [6, 6.07) is 13.1. The number of hydrogen-bond donors (Lipinski definition) is 2. The molecule has 2 N–H and O–H groups in total. The quantitative estimate of drug-likeness (QED) is 0.488. The van der Waals surface area contributed by atoms with E-state index in [1.165, 1.54) is 0 Å². The Balaban J connectivity index is 1.41. The van der Waals surface area contributed by atoms with Gasteiger partial charge in [-0.25, -0.2) is 0 Å². The third-order valence-electron chi connectivity index (χ3n) is 7.59. The molecule has 2 aromatic carbocycles. The van der Waals surface area contributed by atoms with E-state index in [4.69, 9.17) is 21.1 Å². The van der Waals surface area contributed by atoms with Gasteiger partial charge in [-0.2, -0.15) is 0 Å². The second-order valence-electron chi connectivity index (χ2n) is 9.61. The highest BCUT2D eigenvalue weighted by atomic mass is 35.5. The topological polar surface area (TPSA) is 89.8 Å². The van der Waals surface area contributed by atoms with Gasteiger partial charge >= 0.3 is 5.97 Å². The maximum Gasteiger partial charge on any atom is 0.311 e. The van der Waals surface area contributed by atoms with Crippen molar-refractivity contribution in [3.05, 3.63) is 64.3 Å². The van der Waals surface area contributed by atoms with Gasteiger partial charge in [0.05, 0.1) is 36.8 Å². The Labute approximate surface area is 209 Å². The van der Waals surface area contributed by atoms with Crippen molar-refractivity contribution in [2.75, 3.05) is 20.3 Å². The molecule has 2 fully saturated rings. The van der Waals surface area contributed by atoms with Gasteiger partial charge in [0, 0.05) is 12.4 Å². The van der Waals surface area contributed by atoms with Gasteiger partial charge in [-0.3, -0.25) is 9.59 Å². The largest absolute Gasteiger partial charge is 0.495 e. The van der Waals surface area contributed by atoms with Crippen LogP contribution < -0.4 is 10.1 Å². The Kier molecular flexibility index (Phi) is 6.23. The number of halogens is 1. The zero-order valence-electron chi connectivity index (χ0n) is 19.8. The minimum Gasteiger partial charge on any atom is -0.495 e. The van der Waals surface area contributed by atoms with E-state index in [9.17, 15) is 14.7 Å². The summed E-state index contributed by atoms with van der Waals surface area (Å²) < 4.78 is 12.6. The summed E-state index contributed by atoms with van der Waals surface area (Å²) in [7, 11) is 3.38. The lowest BCUT2D eigenvalue weighted by molar-refractivity contribution is -0.140. The Morgan fingerprint density at radius 1 is 1.17 bits per heavy atom. The highest BCUT2D eigenvalue weighted by molar-refractivity contribution is 6.37. The molecule has 0 radical (unpaired) electrons. The van der Waals surface area contributed by atoms with E-state index in [0.29, 0.717) is 29.7 Å². The first kappa shape index (κ1) is 23.7. The van der Waals surface area contributed by atoms with Crippen LogP contribution in [0.4, 0.5) is 0 Å². The van der Waals surface area contributed by atoms with Crippen LogP contribution in [-0.2, 0) is 22.1 Å². The number of carbonyl (C=O) groups excluding carboxylic acids is 1. The Bertz CT molecular complexity index is 1270. The minimum absolute atomic E-state index is 0.177. The molecule has 7 nitrogen and oxygen atoms in total. The van der Waals surface area contributed by atoms with E-state index in [-0.39, 0.29) is 11.8 Å². The molecule has 1 saturated carbocycles. The molecule has 35 heavy (non-hydrogen) atoms. The van der Waals surface area contributed by atoms with E-state index in [1.807, 2.05) is 41.9 Å². The number of carboxylic acid groups (broad SMARTS) is 1. The molecular weight excluding hydrogens is 468 g/mol. The lowest BCUT2D eigenvalue weighted by Gasteiger charge is -2.42. The Hall–Kier alpha value is -3.03. The standard InChI is InChI=1S/C27H29ClN2O5/c1-30-20-11-12-22(34-2)24(28)19(20)13-21(30)25(31)29-27(14-35-15-27)18-9-7-17(8-10-18)23(26(32)33)16-5-3-4-6-16/h7-13,16,23H,3-6,14-15H2,1-2H3,(H,29,31)(H,32,33). The highest BCUT2D eigenvalue weighted by Crippen LogP contribution is 2.39. The van der Waals surface area contributed by atoms with Gasteiger partial charge in [-0.05, 0) is 48.1 Å². The number of fused-ring (bicyclic) bond motifs is 1. The van der Waals surface area contributed by atoms with Crippen molar-refractivity contribution >= 4 is 34.4 Å². The van der Waals surface area contributed by atoms with E-state index >= 15 is 0 Å². The summed E-state index contributed by atoms with van der Waals surface area (Å²) >= 11 is 6.48. The van der Waals surface area contributed by atoms with Crippen LogP contribution >= 0.6 is 11.6 Å². The van der Waals surface area contributed by atoms with Gasteiger partial charge in [0.1, 0.15) is 17.0 Å². The number of methoxy groups -OCH3 is 1. The molecule has 5 rings (SSSR count). The van der Waals surface area contributed by atoms with Crippen LogP contribution in [0.1, 0.15) is 53.2 Å². The van der Waals surface area contributed by atoms with E-state index in [1.54, 1.807) is 19.2 Å². The van der Waals surface area contributed by atoms with Crippen LogP contribution in [0, 0.1) is 5.92 Å². The summed E-state index contributed by atoms with van der Waals surface area (Å²) in [5.41, 5.74) is 2.35. The van der Waals surface area contributed by atoms with Gasteiger partial charge in [-0.1, -0.05) is 48.7 Å². The van der Waals surface area contributed by atoms with Crippen LogP contribution in [0.2, 0.25) is 5.02 Å². The summed E-state index contributed by atoms with van der Waals surface area (Å²) in [6.07, 6.45) is 4.08. The van der Waals surface area contributed by atoms with Crippen molar-refractivity contribution in [2.24, 2.45) is 13.0 Å². The van der Waals surface area contributed by atoms with Gasteiger partial charge in [-0.15, -0.1) is 0 Å². The van der Waals surface area contributed by atoms with Crippen LogP contribution in [0.5, 0.6) is 5.75 Å². The molecule has 2 heterocycles. The molecule has 1 amide bonds. The first-order chi connectivity index (χ1) is 16.8. The molecular formula is C27H29ClN2O5. The van der Waals surface area contributed by atoms with Crippen LogP contribution in [-0.4, -0.2) is 41.9 Å². The molecule has 184 valence electrons. The number of nitrogens with zero attached hydrogens (tertiary/aromatic N) is 1. The number of aliphatic carboxylic acids is 1. The van der Waals surface area contributed by atoms with Gasteiger partial charge in [0.15, 0.2) is 0 Å². The van der Waals surface area contributed by atoms with Gasteiger partial charge in [0.25, 0.3) is 5.91 Å². The molecule has 1 aliphatic heterocycles. The number of hydrogen-bond acceptors (Lipinski definition) is 4. The number of aryl methyl sites for hydroxylation is 1. The average Bonchev–Trinajstić information content (AvgIpc) is 3.46. The van der Waals surface area contributed by atoms with E-state index in [0.717, 1.165) is 47.7 Å². The number of ether oxygens (including phenoxy) is 2. The Morgan fingerprint density at radius 3 is 2.43 bits per heavy atom. The maximum absolute atomic E-state index is 13.4. The predicted molar refractivity (Wildman–Crippen MR) is 133 cm³/mol. The van der Waals surface area contributed by atoms with Crippen LogP contribution in [0.25, 0.3) is 10.9 Å². The first-order valence-electron chi connectivity index (χ1n) is 11.9. The lowest BCUT2D eigenvalue weighted by atomic mass is 9.82. The second-order valence-corrected chi connectivity index (χ2v) is 9.99. The fourth-order valence-corrected chi connectivity index (χ4v) is 5.84. The lowest BCUT2D eigenvalue weighted by Crippen LogP contribution is -2.59. The molecule has 2 aliphatic rings. The highest BCUT2D eigenvalue weighted by Gasteiger charge is 2.43. The summed E-state index contributed by atoms with van der Waals surface area (Å²) in [4.78, 5) is 25.4. The SMILES string of the molecule is COc1ccc2c(cc(C(=O)NC3(c4ccc(C(C(=O)O)C5CCCC5)cc4)COC3)n2C)c1Cl. The first-order valence-corrected chi connectivity index (χ1v) is 12.3. The van der Waals surface area contributed by atoms with Crippen molar-refractivity contribution < 1.29 is 24.2 Å². The normalized spacial score (nSPS) is 18.3. The number of carboxylic acids is 1. The third-order valence-corrected chi connectivity index (χ3v) is 7.98. The number of rotatable bonds is 7. The monoisotopic (exact) mass is 496 g/mol. The van der Waals surface area contributed by atoms with Gasteiger partial charge < -0.3 is 24.5 Å². The van der Waals surface area contributed by atoms with Crippen molar-refractivity contribution in [1.82, 2.24) is 9.88 Å². The fraction of sp³-hybridized carbons (Fsp3) is 0.407. The Morgan fingerprint density at radius 2 is 1.86 bits per heavy atom. The van der Waals surface area contributed by atoms with Crippen molar-refractivity contribution in [3.8, 4) is 5.75 Å². The molecule has 3 aromatic rings. The molecule has 1 aromatic heterocycles. The zero-order valence-corrected chi connectivity index (χ0v) is 20.6. The fourth-order valence-electron chi connectivity index (χ4n) is 5.55. The molecule has 0 bridgehead atoms. The maximum atomic E-state index is 13.4. The number of benzene rings is 2. The number of aromatic nitrogens is 1. The van der Waals surface area contributed by atoms with E-state index < -0.39 is 17.4 Å². The predicted octanol–water partition coefficient (Wildman–Crippen LogP) is 4.85. The molecule has 8 heteroatoms. The summed E-state index contributed by atoms with van der Waals surface area (Å²) in [5, 5.41) is 14.2. The van der Waals surface area contributed by atoms with Crippen molar-refractivity contribution in [1.29, 1.82) is 0 Å². The van der Waals surface area contributed by atoms with Crippen LogP contribution in [0.15, 0.2) is 42.5 Å². The number of carbonyl (C=O) groups is 2. The number of amides is 1. The van der Waals surface area contributed by atoms with Crippen molar-refractivity contribution in [2.45, 2.75) is 37.1 Å². The average molecular weight is 497 g/mol. The molecule has 1 atom stereocenters. The number of nitrogens with one attached hydrogen (secondary N) is 1. The zero-order chi connectivity index (χ0) is 24.7. The molecule has 0 spiro atoms. The molecule has 1 unspecified atom stereocenters. The van der Waals surface area contributed by atoms with Gasteiger partial charge in [0.2, 0.25) is 0 Å². The summed E-state index contributed by atoms with van der Waals surface area (Å²) in [6.45, 7) is 0.698.